The molecule has 142 valence electrons. The van der Waals surface area contributed by atoms with E-state index in [9.17, 15) is 4.39 Å². The van der Waals surface area contributed by atoms with Crippen LogP contribution in [0.15, 0.2) is 60.3 Å². The van der Waals surface area contributed by atoms with Gasteiger partial charge in [0.15, 0.2) is 0 Å². The molecule has 2 aromatic carbocycles. The van der Waals surface area contributed by atoms with Gasteiger partial charge in [-0.2, -0.15) is 5.10 Å². The van der Waals surface area contributed by atoms with E-state index in [2.05, 4.69) is 58.0 Å². The van der Waals surface area contributed by atoms with Crippen molar-refractivity contribution in [3.8, 4) is 5.69 Å². The Bertz CT molecular complexity index is 1060. The summed E-state index contributed by atoms with van der Waals surface area (Å²) in [5.41, 5.74) is 5.68. The van der Waals surface area contributed by atoms with Gasteiger partial charge in [-0.05, 0) is 89.4 Å². The average Bonchev–Trinajstić information content (AvgIpc) is 3.29. The Morgan fingerprint density at radius 2 is 1.96 bits per heavy atom. The highest BCUT2D eigenvalue weighted by Gasteiger charge is 2.43. The van der Waals surface area contributed by atoms with Crippen LogP contribution in [0.1, 0.15) is 29.7 Å². The summed E-state index contributed by atoms with van der Waals surface area (Å²) in [6.45, 7) is 0.770. The summed E-state index contributed by atoms with van der Waals surface area (Å²) >= 11 is 2.41. The molecule has 0 spiro atoms. The van der Waals surface area contributed by atoms with Crippen LogP contribution >= 0.6 is 22.6 Å². The normalized spacial score (nSPS) is 20.6. The van der Waals surface area contributed by atoms with Gasteiger partial charge in [-0.15, -0.1) is 0 Å². The van der Waals surface area contributed by atoms with Crippen molar-refractivity contribution in [2.75, 3.05) is 6.61 Å². The Morgan fingerprint density at radius 1 is 1.14 bits per heavy atom. The highest BCUT2D eigenvalue weighted by molar-refractivity contribution is 14.1. The van der Waals surface area contributed by atoms with Crippen LogP contribution in [0.4, 0.5) is 4.39 Å². The van der Waals surface area contributed by atoms with E-state index in [1.165, 1.54) is 32.4 Å². The van der Waals surface area contributed by atoms with Gasteiger partial charge in [-0.3, -0.25) is 0 Å². The van der Waals surface area contributed by atoms with Gasteiger partial charge in [0, 0.05) is 15.6 Å². The number of hydrogen-bond acceptors (Lipinski definition) is 2. The summed E-state index contributed by atoms with van der Waals surface area (Å²) in [5.74, 6) is -0.234. The van der Waals surface area contributed by atoms with Crippen LogP contribution in [0.25, 0.3) is 11.8 Å². The standard InChI is InChI=1S/C23H20FIN2O/c24-19-5-7-20(8-6-19)27-22-13-18-10-12-28-23(18,14-17(22)15-26-27)11-9-16-3-1-2-4-21(16)25/h1-8,13,15H,9-12,14H2. The van der Waals surface area contributed by atoms with E-state index in [4.69, 9.17) is 4.74 Å². The molecule has 0 amide bonds. The Hall–Kier alpha value is -1.99. The first kappa shape index (κ1) is 18.1. The molecule has 1 aliphatic carbocycles. The number of ether oxygens (including phenoxy) is 1. The molecule has 1 saturated heterocycles. The smallest absolute Gasteiger partial charge is 0.123 e. The van der Waals surface area contributed by atoms with Crippen LogP contribution in [0.5, 0.6) is 0 Å². The maximum absolute atomic E-state index is 13.3. The maximum Gasteiger partial charge on any atom is 0.123 e. The summed E-state index contributed by atoms with van der Waals surface area (Å²) in [4.78, 5) is 0. The van der Waals surface area contributed by atoms with Crippen molar-refractivity contribution < 1.29 is 9.13 Å². The Balaban J connectivity index is 1.46. The van der Waals surface area contributed by atoms with E-state index < -0.39 is 0 Å². The molecular formula is C23H20FIN2O. The van der Waals surface area contributed by atoms with Crippen LogP contribution in [-0.4, -0.2) is 22.0 Å². The molecule has 5 rings (SSSR count). The fraction of sp³-hybridized carbons (Fsp3) is 0.261. The zero-order valence-corrected chi connectivity index (χ0v) is 17.5. The van der Waals surface area contributed by atoms with Crippen molar-refractivity contribution in [2.45, 2.75) is 31.3 Å². The first-order chi connectivity index (χ1) is 13.6. The number of halogens is 2. The van der Waals surface area contributed by atoms with Gasteiger partial charge in [0.05, 0.1) is 29.8 Å². The number of rotatable bonds is 4. The number of benzene rings is 2. The fourth-order valence-electron chi connectivity index (χ4n) is 4.35. The molecule has 2 aliphatic rings. The van der Waals surface area contributed by atoms with Crippen LogP contribution in [-0.2, 0) is 17.6 Å². The molecule has 1 aromatic heterocycles. The van der Waals surface area contributed by atoms with Crippen LogP contribution in [0.3, 0.4) is 0 Å². The molecular weight excluding hydrogens is 466 g/mol. The third kappa shape index (κ3) is 3.10. The minimum atomic E-state index is -0.234. The fourth-order valence-corrected chi connectivity index (χ4v) is 5.00. The minimum absolute atomic E-state index is 0.220. The number of hydrogen-bond donors (Lipinski definition) is 0. The van der Waals surface area contributed by atoms with Crippen molar-refractivity contribution in [1.82, 2.24) is 9.78 Å². The number of aryl methyl sites for hydroxylation is 1. The molecule has 1 atom stereocenters. The molecule has 5 heteroatoms. The Labute approximate surface area is 177 Å². The summed E-state index contributed by atoms with van der Waals surface area (Å²) in [5, 5.41) is 4.58. The average molecular weight is 486 g/mol. The zero-order valence-electron chi connectivity index (χ0n) is 15.4. The lowest BCUT2D eigenvalue weighted by molar-refractivity contribution is 0.0175. The Morgan fingerprint density at radius 3 is 2.79 bits per heavy atom. The third-order valence-electron chi connectivity index (χ3n) is 5.84. The summed E-state index contributed by atoms with van der Waals surface area (Å²) < 4.78 is 22.8. The first-order valence-corrected chi connectivity index (χ1v) is 10.6. The lowest BCUT2D eigenvalue weighted by Crippen LogP contribution is -2.35. The maximum atomic E-state index is 13.3. The predicted molar refractivity (Wildman–Crippen MR) is 116 cm³/mol. The molecule has 0 radical (unpaired) electrons. The topological polar surface area (TPSA) is 27.1 Å². The molecule has 0 bridgehead atoms. The zero-order chi connectivity index (χ0) is 19.1. The van der Waals surface area contributed by atoms with Gasteiger partial charge in [-0.1, -0.05) is 18.2 Å². The van der Waals surface area contributed by atoms with Crippen molar-refractivity contribution in [3.63, 3.8) is 0 Å². The second-order valence-electron chi connectivity index (χ2n) is 7.47. The van der Waals surface area contributed by atoms with E-state index in [1.807, 2.05) is 10.9 Å². The van der Waals surface area contributed by atoms with Gasteiger partial charge < -0.3 is 4.74 Å². The second kappa shape index (κ2) is 7.12. The molecule has 0 N–H and O–H groups in total. The predicted octanol–water partition coefficient (Wildman–Crippen LogP) is 5.35. The van der Waals surface area contributed by atoms with Crippen LogP contribution in [0, 0.1) is 9.39 Å². The second-order valence-corrected chi connectivity index (χ2v) is 8.64. The monoisotopic (exact) mass is 486 g/mol. The quantitative estimate of drug-likeness (QED) is 0.466. The number of fused-ring (bicyclic) bond motifs is 2. The first-order valence-electron chi connectivity index (χ1n) is 9.56. The van der Waals surface area contributed by atoms with Crippen molar-refractivity contribution in [1.29, 1.82) is 0 Å². The van der Waals surface area contributed by atoms with Crippen molar-refractivity contribution >= 4 is 28.7 Å². The van der Waals surface area contributed by atoms with Gasteiger partial charge in [0.1, 0.15) is 5.82 Å². The Kier molecular flexibility index (Phi) is 4.59. The highest BCUT2D eigenvalue weighted by atomic mass is 127. The lowest BCUT2D eigenvalue weighted by Gasteiger charge is -2.33. The summed E-state index contributed by atoms with van der Waals surface area (Å²) in [6, 6.07) is 15.0. The van der Waals surface area contributed by atoms with Gasteiger partial charge in [0.2, 0.25) is 0 Å². The molecule has 1 unspecified atom stereocenters. The van der Waals surface area contributed by atoms with Gasteiger partial charge in [0.25, 0.3) is 0 Å². The molecule has 2 heterocycles. The number of aromatic nitrogens is 2. The van der Waals surface area contributed by atoms with E-state index in [1.54, 1.807) is 12.1 Å². The highest BCUT2D eigenvalue weighted by Crippen LogP contribution is 2.44. The van der Waals surface area contributed by atoms with E-state index in [0.29, 0.717) is 0 Å². The molecule has 28 heavy (non-hydrogen) atoms. The minimum Gasteiger partial charge on any atom is -0.370 e. The lowest BCUT2D eigenvalue weighted by atomic mass is 9.78. The molecule has 1 aliphatic heterocycles. The van der Waals surface area contributed by atoms with E-state index >= 15 is 0 Å². The molecule has 1 fully saturated rings. The largest absolute Gasteiger partial charge is 0.370 e. The van der Waals surface area contributed by atoms with Crippen LogP contribution in [0.2, 0.25) is 0 Å². The third-order valence-corrected chi connectivity index (χ3v) is 6.89. The molecule has 3 aromatic rings. The van der Waals surface area contributed by atoms with E-state index in [-0.39, 0.29) is 11.4 Å². The summed E-state index contributed by atoms with van der Waals surface area (Å²) in [7, 11) is 0. The molecule has 0 saturated carbocycles. The van der Waals surface area contributed by atoms with Crippen molar-refractivity contribution in [3.05, 3.63) is 86.5 Å². The SMILES string of the molecule is Fc1ccc(-n2ncc3c2C=C2CCOC2(CCc2ccccc2I)C3)cc1. The molecule has 3 nitrogen and oxygen atoms in total. The van der Waals surface area contributed by atoms with Gasteiger partial charge in [-0.25, -0.2) is 9.07 Å². The van der Waals surface area contributed by atoms with Crippen LogP contribution < -0.4 is 0 Å². The van der Waals surface area contributed by atoms with Gasteiger partial charge >= 0.3 is 0 Å². The number of nitrogens with zero attached hydrogens (tertiary/aromatic N) is 2. The van der Waals surface area contributed by atoms with Crippen molar-refractivity contribution in [2.24, 2.45) is 0 Å². The van der Waals surface area contributed by atoms with E-state index in [0.717, 1.165) is 43.7 Å². The summed E-state index contributed by atoms with van der Waals surface area (Å²) in [6.07, 6.45) is 7.95.